The second-order valence-corrected chi connectivity index (χ2v) is 20.6. The Morgan fingerprint density at radius 1 is 0.732 bits per heavy atom. The summed E-state index contributed by atoms with van der Waals surface area (Å²) in [6.07, 6.45) is 12.5. The molecule has 0 unspecified atom stereocenters. The monoisotopic (exact) mass is 1010 g/mol. The quantitative estimate of drug-likeness (QED) is 0.0463. The van der Waals surface area contributed by atoms with Gasteiger partial charge in [0, 0.05) is 114 Å². The van der Waals surface area contributed by atoms with E-state index in [2.05, 4.69) is 29.9 Å². The van der Waals surface area contributed by atoms with Gasteiger partial charge in [-0.3, -0.25) is 19.3 Å². The summed E-state index contributed by atoms with van der Waals surface area (Å²) in [4.78, 5) is 22.6. The van der Waals surface area contributed by atoms with Crippen LogP contribution in [0.25, 0.3) is 22.3 Å². The Balaban J connectivity index is 0.000000207. The fourth-order valence-electron chi connectivity index (χ4n) is 6.70. The Morgan fingerprint density at radius 3 is 1.70 bits per heavy atom. The molecule has 0 aliphatic heterocycles. The number of nitrogens with one attached hydrogen (secondary N) is 2. The molecule has 0 saturated heterocycles. The van der Waals surface area contributed by atoms with E-state index in [1.165, 1.54) is 76.7 Å². The van der Waals surface area contributed by atoms with Crippen molar-refractivity contribution in [2.75, 3.05) is 30.0 Å². The van der Waals surface area contributed by atoms with Gasteiger partial charge in [0.2, 0.25) is 5.03 Å². The van der Waals surface area contributed by atoms with Gasteiger partial charge in [0.1, 0.15) is 11.6 Å². The number of urea groups is 1. The second-order valence-electron chi connectivity index (χ2n) is 17.4. The fourth-order valence-corrected chi connectivity index (χ4v) is 8.37. The third-order valence-corrected chi connectivity index (χ3v) is 12.8. The maximum atomic E-state index is 14.3. The third kappa shape index (κ3) is 14.3. The first-order valence-corrected chi connectivity index (χ1v) is 25.2. The molecule has 5 aromatic heterocycles. The van der Waals surface area contributed by atoms with Crippen molar-refractivity contribution in [1.29, 1.82) is 0 Å². The van der Waals surface area contributed by atoms with Gasteiger partial charge in [0.15, 0.2) is 5.03 Å². The van der Waals surface area contributed by atoms with Crippen LogP contribution in [0.1, 0.15) is 90.4 Å². The highest BCUT2D eigenvalue weighted by molar-refractivity contribution is 7.90. The SMILES string of the molecule is CC(C)c1cc(F)cc(-c2cccnc2)c1N.CC(C)c1cc(F)cc(-c2cccnc2)c1NC(=O)NS(=O)(=O)c1ccn(C(C)C)n1.CC(C)n1ccc(S(=O)(=O)N=C([O-])[n+]2ccc(N(C)C)cc2)n1. The van der Waals surface area contributed by atoms with Gasteiger partial charge in [-0.25, -0.2) is 22.9 Å². The number of hydrogen-bond donors (Lipinski definition) is 3. The molecule has 7 rings (SSSR count). The summed E-state index contributed by atoms with van der Waals surface area (Å²) in [5, 5.41) is 22.0. The summed E-state index contributed by atoms with van der Waals surface area (Å²) in [7, 11) is -4.60. The molecule has 0 bridgehead atoms. The van der Waals surface area contributed by atoms with E-state index in [1.54, 1.807) is 42.9 Å². The Labute approximate surface area is 413 Å². The topological polar surface area (TPSA) is 239 Å². The average Bonchev–Trinajstić information content (AvgIpc) is 4.04. The zero-order chi connectivity index (χ0) is 52.4. The minimum atomic E-state index is -4.19. The number of sulfonamides is 2. The van der Waals surface area contributed by atoms with Gasteiger partial charge in [-0.05, 0) is 99.2 Å². The first-order chi connectivity index (χ1) is 33.4. The number of carbonyl (C=O) groups excluding carboxylic acids is 1. The van der Waals surface area contributed by atoms with Crippen LogP contribution < -0.4 is 30.3 Å². The normalized spacial score (nSPS) is 11.8. The number of halogens is 2. The van der Waals surface area contributed by atoms with Crippen molar-refractivity contribution in [2.45, 2.75) is 89.4 Å². The van der Waals surface area contributed by atoms with Crippen LogP contribution >= 0.6 is 0 Å². The molecule has 0 radical (unpaired) electrons. The average molecular weight is 1010 g/mol. The van der Waals surface area contributed by atoms with Crippen molar-refractivity contribution in [1.82, 2.24) is 34.3 Å². The van der Waals surface area contributed by atoms with Crippen LogP contribution in [-0.2, 0) is 20.0 Å². The summed E-state index contributed by atoms with van der Waals surface area (Å²) in [6.45, 7) is 15.1. The van der Waals surface area contributed by atoms with Gasteiger partial charge < -0.3 is 21.1 Å². The van der Waals surface area contributed by atoms with Crippen molar-refractivity contribution in [2.24, 2.45) is 4.40 Å². The number of pyridine rings is 3. The highest BCUT2D eigenvalue weighted by Gasteiger charge is 2.25. The predicted molar refractivity (Wildman–Crippen MR) is 267 cm³/mol. The summed E-state index contributed by atoms with van der Waals surface area (Å²) >= 11 is 0. The molecule has 0 aliphatic carbocycles. The summed E-state index contributed by atoms with van der Waals surface area (Å²) in [5.74, 6) is -0.678. The van der Waals surface area contributed by atoms with Crippen molar-refractivity contribution < 1.29 is 40.1 Å². The van der Waals surface area contributed by atoms with E-state index >= 15 is 0 Å². The Hall–Kier alpha value is -7.59. The van der Waals surface area contributed by atoms with E-state index in [9.17, 15) is 35.5 Å². The van der Waals surface area contributed by atoms with Gasteiger partial charge in [0.05, 0.1) is 18.1 Å². The molecular formula is C49H58F2N12O6S2. The molecule has 22 heteroatoms. The van der Waals surface area contributed by atoms with Crippen LogP contribution in [0.15, 0.2) is 137 Å². The Bertz CT molecular complexity index is 3180. The molecule has 0 atom stereocenters. The largest absolute Gasteiger partial charge is 0.806 e. The maximum absolute atomic E-state index is 14.3. The van der Waals surface area contributed by atoms with Crippen molar-refractivity contribution >= 4 is 49.2 Å². The lowest BCUT2D eigenvalue weighted by molar-refractivity contribution is -0.613. The number of nitrogens with zero attached hydrogens (tertiary/aromatic N) is 9. The molecule has 2 aromatic carbocycles. The van der Waals surface area contributed by atoms with E-state index in [4.69, 9.17) is 5.73 Å². The summed E-state index contributed by atoms with van der Waals surface area (Å²) < 4.78 is 86.7. The number of nitrogens with two attached hydrogens (primary N) is 1. The fraction of sp³-hybridized carbons (Fsp3) is 0.286. The minimum absolute atomic E-state index is 0.0163. The Kier molecular flexibility index (Phi) is 17.9. The summed E-state index contributed by atoms with van der Waals surface area (Å²) in [6, 6.07) is 16.8. The first-order valence-electron chi connectivity index (χ1n) is 22.3. The zero-order valence-electron chi connectivity index (χ0n) is 41.0. The van der Waals surface area contributed by atoms with Crippen LogP contribution in [0.5, 0.6) is 0 Å². The molecule has 0 saturated carbocycles. The van der Waals surface area contributed by atoms with E-state index < -0.39 is 37.9 Å². The number of benzene rings is 2. The van der Waals surface area contributed by atoms with E-state index in [-0.39, 0.29) is 39.8 Å². The number of carbonyl (C=O) groups is 1. The van der Waals surface area contributed by atoms with Crippen LogP contribution in [0.4, 0.5) is 30.6 Å². The van der Waals surface area contributed by atoms with Crippen molar-refractivity contribution in [3.63, 3.8) is 0 Å². The number of aromatic nitrogens is 7. The lowest BCUT2D eigenvalue weighted by atomic mass is 9.94. The molecular weight excluding hydrogens is 955 g/mol. The van der Waals surface area contributed by atoms with Gasteiger partial charge in [-0.15, -0.1) is 0 Å². The van der Waals surface area contributed by atoms with Gasteiger partial charge in [-0.1, -0.05) is 39.8 Å². The molecule has 0 aliphatic rings. The molecule has 2 amide bonds. The highest BCUT2D eigenvalue weighted by atomic mass is 32.2. The number of rotatable bonds is 12. The van der Waals surface area contributed by atoms with Crippen LogP contribution in [0, 0.1) is 11.6 Å². The van der Waals surface area contributed by atoms with Gasteiger partial charge >= 0.3 is 16.1 Å². The van der Waals surface area contributed by atoms with Gasteiger partial charge in [-0.2, -0.15) is 27.0 Å². The number of hydrogen-bond acceptors (Lipinski definition) is 12. The smallest absolute Gasteiger partial charge is 0.388 e. The van der Waals surface area contributed by atoms with E-state index in [0.717, 1.165) is 21.4 Å². The van der Waals surface area contributed by atoms with Crippen molar-refractivity contribution in [3.05, 3.63) is 145 Å². The zero-order valence-corrected chi connectivity index (χ0v) is 42.6. The highest BCUT2D eigenvalue weighted by Crippen LogP contribution is 2.36. The molecule has 7 aromatic rings. The maximum Gasteiger partial charge on any atom is 0.388 e. The van der Waals surface area contributed by atoms with Crippen LogP contribution in [-0.4, -0.2) is 72.5 Å². The second kappa shape index (κ2) is 23.3. The number of nitrogen functional groups attached to an aromatic ring is 1. The Morgan fingerprint density at radius 2 is 1.23 bits per heavy atom. The minimum Gasteiger partial charge on any atom is -0.806 e. The lowest BCUT2D eigenvalue weighted by Gasteiger charge is -2.19. The van der Waals surface area contributed by atoms with Gasteiger partial charge in [0.25, 0.3) is 16.0 Å². The molecule has 4 N–H and O–H groups in total. The molecule has 0 spiro atoms. The lowest BCUT2D eigenvalue weighted by Crippen LogP contribution is -2.51. The molecule has 18 nitrogen and oxygen atoms in total. The van der Waals surface area contributed by atoms with E-state index in [1.807, 2.05) is 91.2 Å². The molecule has 71 heavy (non-hydrogen) atoms. The van der Waals surface area contributed by atoms with Crippen molar-refractivity contribution in [3.8, 4) is 22.3 Å². The molecule has 0 fully saturated rings. The molecule has 5 heterocycles. The van der Waals surface area contributed by atoms with E-state index in [0.29, 0.717) is 33.6 Å². The first kappa shape index (κ1) is 54.4. The number of amides is 2. The number of anilines is 3. The van der Waals surface area contributed by atoms with Crippen LogP contribution in [0.3, 0.4) is 0 Å². The third-order valence-electron chi connectivity index (χ3n) is 10.5. The summed E-state index contributed by atoms with van der Waals surface area (Å²) in [5.41, 5.74) is 11.8. The molecule has 376 valence electrons. The predicted octanol–water partition coefficient (Wildman–Crippen LogP) is 7.66. The standard InChI is InChI=1S/C21H24FN5O3S.C14H15FN2.C14H19N5O3S/c1-13(2)17-10-16(22)11-18(15-6-5-8-23-12-15)20(17)24-21(28)26-31(29,30)19-7-9-27(25-19)14(3)4;1-9(2)12-6-11(15)7-13(14(12)16)10-4-3-5-17-8-10;1-11(2)19-10-7-13(15-19)23(21,22)16-14(20)18-8-5-12(6-9-18)17(3)4/h5-14H,1-4H3,(H2,24,26,28);3-9H,16H2,1-2H3;5-11H,1-4H3. The van der Waals surface area contributed by atoms with Crippen LogP contribution in [0.2, 0.25) is 0 Å².